The first kappa shape index (κ1) is 17.7. The van der Waals surface area contributed by atoms with E-state index in [1.807, 2.05) is 0 Å². The van der Waals surface area contributed by atoms with E-state index >= 15 is 0 Å². The van der Waals surface area contributed by atoms with Crippen LogP contribution in [-0.2, 0) is 0 Å². The second kappa shape index (κ2) is 7.44. The largest absolute Gasteiger partial charge is 0.595 e. The van der Waals surface area contributed by atoms with Crippen LogP contribution in [0.2, 0.25) is 0 Å². The molecule has 0 bridgehead atoms. The van der Waals surface area contributed by atoms with Crippen molar-refractivity contribution < 1.29 is 20.9 Å². The molecule has 2 atom stereocenters. The number of quaternary nitrogens is 2. The molecule has 134 valence electrons. The van der Waals surface area contributed by atoms with Crippen LogP contribution in [-0.4, -0.2) is 16.1 Å². The molecule has 0 aromatic heterocycles. The van der Waals surface area contributed by atoms with Gasteiger partial charge in [0.05, 0.1) is 11.8 Å². The van der Waals surface area contributed by atoms with Crippen LogP contribution < -0.4 is 15.9 Å². The topological polar surface area (TPSA) is 120 Å². The molecule has 0 spiro atoms. The Morgan fingerprint density at radius 3 is 2.60 bits per heavy atom. The fourth-order valence-corrected chi connectivity index (χ4v) is 3.33. The van der Waals surface area contributed by atoms with E-state index in [0.29, 0.717) is 0 Å². The summed E-state index contributed by atoms with van der Waals surface area (Å²) in [6, 6.07) is 3.94. The summed E-state index contributed by atoms with van der Waals surface area (Å²) in [6.07, 6.45) is 7.18. The third kappa shape index (κ3) is 3.96. The number of hydrazone groups is 1. The fourth-order valence-electron chi connectivity index (χ4n) is 3.33. The van der Waals surface area contributed by atoms with Crippen molar-refractivity contribution in [3.8, 4) is 0 Å². The van der Waals surface area contributed by atoms with E-state index in [2.05, 4.69) is 23.5 Å². The lowest BCUT2D eigenvalue weighted by Crippen LogP contribution is -3.00. The van der Waals surface area contributed by atoms with Gasteiger partial charge in [0.15, 0.2) is 11.4 Å². The summed E-state index contributed by atoms with van der Waals surface area (Å²) in [4.78, 5) is 0. The highest BCUT2D eigenvalue weighted by Gasteiger charge is 2.20. The Morgan fingerprint density at radius 1 is 1.08 bits per heavy atom. The Labute approximate surface area is 145 Å². The van der Waals surface area contributed by atoms with Crippen LogP contribution in [0.25, 0.3) is 0 Å². The first-order valence-corrected chi connectivity index (χ1v) is 8.28. The lowest BCUT2D eigenvalue weighted by Gasteiger charge is -2.18. The molecule has 0 radical (unpaired) electrons. The molecule has 25 heavy (non-hydrogen) atoms. The molecule has 8 heteroatoms. The van der Waals surface area contributed by atoms with Crippen molar-refractivity contribution >= 4 is 22.8 Å². The molecule has 1 aromatic rings. The van der Waals surface area contributed by atoms with Crippen molar-refractivity contribution in [2.75, 3.05) is 5.43 Å². The minimum Gasteiger partial charge on any atom is -0.595 e. The molecule has 5 N–H and O–H groups in total. The highest BCUT2D eigenvalue weighted by Crippen LogP contribution is 2.36. The highest BCUT2D eigenvalue weighted by molar-refractivity contribution is 5.97. The Balaban J connectivity index is 1.84. The number of nitrogens with one attached hydrogen (secondary N) is 3. The van der Waals surface area contributed by atoms with E-state index < -0.39 is 10.5 Å². The summed E-state index contributed by atoms with van der Waals surface area (Å²) in [6.45, 7) is 2.16. The summed E-state index contributed by atoms with van der Waals surface area (Å²) >= 11 is 0. The van der Waals surface area contributed by atoms with Gasteiger partial charge in [-0.2, -0.15) is 15.6 Å². The Hall–Kier alpha value is -2.07. The second-order valence-electron chi connectivity index (χ2n) is 6.37. The summed E-state index contributed by atoms with van der Waals surface area (Å²) in [5, 5.41) is 42.7. The molecule has 1 fully saturated rings. The van der Waals surface area contributed by atoms with E-state index in [4.69, 9.17) is 5.21 Å². The molecule has 3 rings (SSSR count). The summed E-state index contributed by atoms with van der Waals surface area (Å²) in [5.41, 5.74) is 7.97. The van der Waals surface area contributed by atoms with Crippen molar-refractivity contribution in [2.24, 2.45) is 5.10 Å². The van der Waals surface area contributed by atoms with E-state index in [1.54, 1.807) is 0 Å². The predicted molar refractivity (Wildman–Crippen MR) is 92.9 cm³/mol. The molecule has 0 saturated heterocycles. The number of allylic oxidation sites excluding steroid dienone is 4. The van der Waals surface area contributed by atoms with Crippen LogP contribution in [0.15, 0.2) is 46.1 Å². The Bertz CT molecular complexity index is 753. The average Bonchev–Trinajstić information content (AvgIpc) is 2.99. The lowest BCUT2D eigenvalue weighted by atomic mass is 10.0. The Morgan fingerprint density at radius 2 is 1.88 bits per heavy atom. The van der Waals surface area contributed by atoms with Gasteiger partial charge in [-0.1, -0.05) is 5.57 Å². The van der Waals surface area contributed by atoms with Crippen LogP contribution in [0, 0.1) is 10.4 Å². The van der Waals surface area contributed by atoms with Crippen LogP contribution in [0.1, 0.15) is 39.0 Å². The van der Waals surface area contributed by atoms with E-state index in [1.165, 1.54) is 35.3 Å². The molecule has 2 unspecified atom stereocenters. The van der Waals surface area contributed by atoms with E-state index in [-0.39, 0.29) is 17.1 Å². The molecule has 0 aliphatic heterocycles. The predicted octanol–water partition coefficient (Wildman–Crippen LogP) is 1.48. The quantitative estimate of drug-likeness (QED) is 0.529. The van der Waals surface area contributed by atoms with Gasteiger partial charge in [-0.05, 0) is 62.3 Å². The number of hydrogen-bond donors (Lipinski definition) is 5. The summed E-state index contributed by atoms with van der Waals surface area (Å²) in [5.74, 6) is 0. The number of fused-ring (bicyclic) bond motifs is 1. The van der Waals surface area contributed by atoms with Gasteiger partial charge < -0.3 is 10.4 Å². The third-order valence-electron chi connectivity index (χ3n) is 4.69. The zero-order valence-corrected chi connectivity index (χ0v) is 14.0. The van der Waals surface area contributed by atoms with Gasteiger partial charge in [0, 0.05) is 6.07 Å². The van der Waals surface area contributed by atoms with Gasteiger partial charge in [0.25, 0.3) is 0 Å². The minimum absolute atomic E-state index is 0.0670. The smallest absolute Gasteiger partial charge is 0.195 e. The maximum absolute atomic E-state index is 11.4. The maximum atomic E-state index is 11.4. The SMILES string of the molecule is CC1=C2CCCC2=C/C(=N/Nc2ccc([NH+]([O-])O)cc2[NH+]([O-])O)CC1. The highest BCUT2D eigenvalue weighted by atomic mass is 16.8. The molecular weight excluding hydrogens is 324 g/mol. The van der Waals surface area contributed by atoms with Gasteiger partial charge in [0.1, 0.15) is 5.69 Å². The summed E-state index contributed by atoms with van der Waals surface area (Å²) in [7, 11) is 0. The molecular formula is C17H22N4O4. The minimum atomic E-state index is -1.19. The van der Waals surface area contributed by atoms with Crippen molar-refractivity contribution in [3.63, 3.8) is 0 Å². The Kier molecular flexibility index (Phi) is 5.28. The van der Waals surface area contributed by atoms with Gasteiger partial charge in [-0.15, -0.1) is 0 Å². The van der Waals surface area contributed by atoms with Crippen LogP contribution >= 0.6 is 0 Å². The monoisotopic (exact) mass is 346 g/mol. The molecule has 1 saturated carbocycles. The first-order valence-electron chi connectivity index (χ1n) is 8.28. The van der Waals surface area contributed by atoms with E-state index in [9.17, 15) is 15.6 Å². The molecule has 0 heterocycles. The van der Waals surface area contributed by atoms with Gasteiger partial charge >= 0.3 is 0 Å². The standard InChI is InChI=1S/C17H22N4O4/c1-11-5-6-13(9-12-3-2-4-15(11)12)18-19-16-8-7-14(20(22)23)10-17(16)21(24)25/h7-10,19-22,24H,2-6H2,1H3/b18-13+. The number of hydrogen-bond acceptors (Lipinski definition) is 6. The third-order valence-corrected chi connectivity index (χ3v) is 4.69. The molecule has 2 aliphatic rings. The normalized spacial score (nSPS) is 21.6. The lowest BCUT2D eigenvalue weighted by molar-refractivity contribution is -0.996. The number of anilines is 1. The van der Waals surface area contributed by atoms with Gasteiger partial charge in [-0.25, -0.2) is 10.4 Å². The first-order chi connectivity index (χ1) is 12.0. The van der Waals surface area contributed by atoms with Crippen LogP contribution in [0.5, 0.6) is 0 Å². The average molecular weight is 346 g/mol. The van der Waals surface area contributed by atoms with Crippen molar-refractivity contribution in [1.82, 2.24) is 0 Å². The van der Waals surface area contributed by atoms with Crippen LogP contribution in [0.4, 0.5) is 17.1 Å². The second-order valence-corrected chi connectivity index (χ2v) is 6.37. The zero-order chi connectivity index (χ0) is 18.0. The molecule has 2 aliphatic carbocycles. The van der Waals surface area contributed by atoms with Crippen molar-refractivity contribution in [2.45, 2.75) is 39.0 Å². The number of benzene rings is 1. The van der Waals surface area contributed by atoms with Gasteiger partial charge in [-0.3, -0.25) is 5.43 Å². The number of nitrogens with zero attached hydrogens (tertiary/aromatic N) is 1. The maximum Gasteiger partial charge on any atom is 0.195 e. The molecule has 8 nitrogen and oxygen atoms in total. The zero-order valence-electron chi connectivity index (χ0n) is 14.0. The summed E-state index contributed by atoms with van der Waals surface area (Å²) < 4.78 is 0. The van der Waals surface area contributed by atoms with Gasteiger partial charge in [0.2, 0.25) is 0 Å². The molecule has 0 amide bonds. The van der Waals surface area contributed by atoms with Crippen molar-refractivity contribution in [3.05, 3.63) is 51.4 Å². The molecule has 1 aromatic carbocycles. The fraction of sp³-hybridized carbons (Fsp3) is 0.353. The number of rotatable bonds is 4. The van der Waals surface area contributed by atoms with E-state index in [0.717, 1.165) is 37.5 Å². The van der Waals surface area contributed by atoms with Crippen LogP contribution in [0.3, 0.4) is 0 Å². The van der Waals surface area contributed by atoms with Crippen molar-refractivity contribution in [1.29, 1.82) is 0 Å².